The van der Waals surface area contributed by atoms with Crippen LogP contribution >= 0.6 is 0 Å². The van der Waals surface area contributed by atoms with Gasteiger partial charge in [0, 0.05) is 18.0 Å². The summed E-state index contributed by atoms with van der Waals surface area (Å²) in [6.45, 7) is 4.24. The van der Waals surface area contributed by atoms with Crippen molar-refractivity contribution in [1.82, 2.24) is 25.3 Å². The third-order valence-corrected chi connectivity index (χ3v) is 5.54. The molecule has 1 amide bonds. The maximum absolute atomic E-state index is 11.8. The Morgan fingerprint density at radius 1 is 1.18 bits per heavy atom. The number of para-hydroxylation sites is 1. The largest absolute Gasteiger partial charge is 0.412 e. The maximum atomic E-state index is 11.8. The average Bonchev–Trinajstić information content (AvgIpc) is 3.52. The summed E-state index contributed by atoms with van der Waals surface area (Å²) in [6, 6.07) is 13.1. The van der Waals surface area contributed by atoms with Gasteiger partial charge in [-0.1, -0.05) is 51.3 Å². The number of benzene rings is 1. The fraction of sp³-hybridized carbons (Fsp3) is 0.385. The molecule has 0 atom stereocenters. The Hall–Kier alpha value is -3.86. The van der Waals surface area contributed by atoms with Crippen LogP contribution in [0.15, 0.2) is 48.8 Å². The molecule has 5 rings (SSSR count). The second kappa shape index (κ2) is 13.0. The zero-order chi connectivity index (χ0) is 24.2. The highest BCUT2D eigenvalue weighted by Gasteiger charge is 2.12. The molecule has 1 aromatic carbocycles. The summed E-state index contributed by atoms with van der Waals surface area (Å²) < 4.78 is 5.16. The number of nitriles is 1. The van der Waals surface area contributed by atoms with E-state index in [2.05, 4.69) is 31.3 Å². The molecule has 3 aromatic heterocycles. The van der Waals surface area contributed by atoms with E-state index in [0.717, 1.165) is 34.4 Å². The lowest BCUT2D eigenvalue weighted by molar-refractivity contribution is 0.199. The molecule has 8 nitrogen and oxygen atoms in total. The minimum Gasteiger partial charge on any atom is -0.410 e. The molecule has 3 heterocycles. The number of H-pyrrole nitrogens is 2. The Labute approximate surface area is 199 Å². The first-order valence-electron chi connectivity index (χ1n) is 11.9. The van der Waals surface area contributed by atoms with E-state index < -0.39 is 6.09 Å². The van der Waals surface area contributed by atoms with Gasteiger partial charge in [0.15, 0.2) is 0 Å². The van der Waals surface area contributed by atoms with Crippen molar-refractivity contribution in [3.05, 3.63) is 54.6 Å². The molecule has 178 valence electrons. The molecule has 1 aliphatic carbocycles. The van der Waals surface area contributed by atoms with Gasteiger partial charge in [0.1, 0.15) is 22.7 Å². The molecule has 0 radical (unpaired) electrons. The minimum absolute atomic E-state index is 0.242. The van der Waals surface area contributed by atoms with Crippen LogP contribution < -0.4 is 10.1 Å². The summed E-state index contributed by atoms with van der Waals surface area (Å²) in [5.41, 5.74) is 2.43. The monoisotopic (exact) mass is 460 g/mol. The zero-order valence-electron chi connectivity index (χ0n) is 19.8. The first kappa shape index (κ1) is 24.8. The van der Waals surface area contributed by atoms with Crippen molar-refractivity contribution in [1.29, 1.82) is 5.26 Å². The Kier molecular flexibility index (Phi) is 9.47. The van der Waals surface area contributed by atoms with Crippen LogP contribution in [0.1, 0.15) is 58.2 Å². The van der Waals surface area contributed by atoms with Crippen molar-refractivity contribution in [3.63, 3.8) is 0 Å². The van der Waals surface area contributed by atoms with Crippen molar-refractivity contribution in [2.45, 2.75) is 58.9 Å². The molecule has 3 N–H and O–H groups in total. The van der Waals surface area contributed by atoms with Gasteiger partial charge in [-0.2, -0.15) is 5.26 Å². The van der Waals surface area contributed by atoms with Gasteiger partial charge in [-0.25, -0.2) is 14.8 Å². The van der Waals surface area contributed by atoms with Crippen LogP contribution in [-0.4, -0.2) is 26.0 Å². The molecule has 1 fully saturated rings. The van der Waals surface area contributed by atoms with Crippen LogP contribution in [0.2, 0.25) is 0 Å². The van der Waals surface area contributed by atoms with Crippen LogP contribution in [-0.2, 0) is 6.54 Å². The van der Waals surface area contributed by atoms with E-state index in [1.165, 1.54) is 32.1 Å². The predicted molar refractivity (Wildman–Crippen MR) is 133 cm³/mol. The van der Waals surface area contributed by atoms with Crippen molar-refractivity contribution in [2.75, 3.05) is 0 Å². The van der Waals surface area contributed by atoms with Gasteiger partial charge < -0.3 is 20.0 Å². The van der Waals surface area contributed by atoms with Crippen molar-refractivity contribution in [3.8, 4) is 11.8 Å². The molecule has 0 aliphatic heterocycles. The van der Waals surface area contributed by atoms with Crippen molar-refractivity contribution >= 4 is 28.2 Å². The average molecular weight is 461 g/mol. The number of pyridine rings is 1. The maximum Gasteiger partial charge on any atom is 0.412 e. The number of carbonyl (C=O) groups excluding carboxylic acids is 1. The first-order chi connectivity index (χ1) is 16.7. The number of amides is 1. The highest BCUT2D eigenvalue weighted by molar-refractivity contribution is 6.00. The number of hydrogen-bond donors (Lipinski definition) is 3. The number of fused-ring (bicyclic) bond motifs is 3. The lowest BCUT2D eigenvalue weighted by atomic mass is 9.87. The highest BCUT2D eigenvalue weighted by atomic mass is 16.6. The lowest BCUT2D eigenvalue weighted by Crippen LogP contribution is -2.26. The summed E-state index contributed by atoms with van der Waals surface area (Å²) in [6.07, 6.45) is 10.5. The van der Waals surface area contributed by atoms with E-state index in [-0.39, 0.29) is 6.54 Å². The number of aromatic amines is 2. The van der Waals surface area contributed by atoms with Crippen LogP contribution in [0.5, 0.6) is 5.75 Å². The molecule has 1 saturated carbocycles. The van der Waals surface area contributed by atoms with E-state index in [1.54, 1.807) is 30.5 Å². The van der Waals surface area contributed by atoms with Gasteiger partial charge in [0.2, 0.25) is 0 Å². The molecular formula is C26H32N6O2. The van der Waals surface area contributed by atoms with Crippen LogP contribution in [0.3, 0.4) is 0 Å². The van der Waals surface area contributed by atoms with Gasteiger partial charge in [0.05, 0.1) is 24.3 Å². The second-order valence-electron chi connectivity index (χ2n) is 7.87. The van der Waals surface area contributed by atoms with Crippen LogP contribution in [0.4, 0.5) is 4.79 Å². The summed E-state index contributed by atoms with van der Waals surface area (Å²) in [5, 5.41) is 12.0. The minimum atomic E-state index is -0.526. The van der Waals surface area contributed by atoms with Gasteiger partial charge in [0.25, 0.3) is 0 Å². The molecule has 1 aliphatic rings. The fourth-order valence-electron chi connectivity index (χ4n) is 3.92. The van der Waals surface area contributed by atoms with Gasteiger partial charge >= 0.3 is 6.09 Å². The number of nitrogens with zero attached hydrogens (tertiary/aromatic N) is 3. The lowest BCUT2D eigenvalue weighted by Gasteiger charge is -2.17. The molecule has 0 spiro atoms. The Morgan fingerprint density at radius 3 is 2.68 bits per heavy atom. The summed E-state index contributed by atoms with van der Waals surface area (Å²) >= 11 is 0. The van der Waals surface area contributed by atoms with Crippen LogP contribution in [0, 0.1) is 17.2 Å². The van der Waals surface area contributed by atoms with E-state index >= 15 is 0 Å². The first-order valence-corrected chi connectivity index (χ1v) is 11.9. The number of nitrogens with one attached hydrogen (secondary N) is 3. The van der Waals surface area contributed by atoms with E-state index in [9.17, 15) is 4.79 Å². The number of imidazole rings is 1. The topological polar surface area (TPSA) is 119 Å². The van der Waals surface area contributed by atoms with Crippen molar-refractivity contribution in [2.24, 2.45) is 5.92 Å². The number of hydrogen-bond acceptors (Lipinski definition) is 5. The highest BCUT2D eigenvalue weighted by Crippen LogP contribution is 2.25. The van der Waals surface area contributed by atoms with Gasteiger partial charge in [-0.15, -0.1) is 0 Å². The Balaban J connectivity index is 0.000000248. The predicted octanol–water partition coefficient (Wildman–Crippen LogP) is 6.23. The molecular weight excluding hydrogens is 428 g/mol. The molecule has 34 heavy (non-hydrogen) atoms. The fourth-order valence-corrected chi connectivity index (χ4v) is 3.92. The summed E-state index contributed by atoms with van der Waals surface area (Å²) in [4.78, 5) is 26.8. The number of aromatic nitrogens is 4. The third kappa shape index (κ3) is 6.82. The van der Waals surface area contributed by atoms with Gasteiger partial charge in [-0.3, -0.25) is 0 Å². The van der Waals surface area contributed by atoms with E-state index in [0.29, 0.717) is 11.6 Å². The SMILES string of the molecule is CC.N#CCC1CCCCC1.O=C(NCc1nc2c(cnc3[nH]ccc32)[nH]1)Oc1ccccc1. The standard InChI is InChI=1S/C16H13N5O2.C8H13N.C2H6/c22-16(23-10-4-2-1-3-5-10)19-9-13-20-12-8-18-15-11(6-7-17-15)14(12)21-13;9-7-6-8-4-2-1-3-5-8;1-2/h1-8H,9H2,(H,17,18)(H,19,22)(H,20,21);8H,1-6H2;1-2H3. The summed E-state index contributed by atoms with van der Waals surface area (Å²) in [5.74, 6) is 1.87. The normalized spacial score (nSPS) is 13.2. The Morgan fingerprint density at radius 2 is 1.94 bits per heavy atom. The Bertz CT molecular complexity index is 1200. The van der Waals surface area contributed by atoms with Gasteiger partial charge in [-0.05, 0) is 37.0 Å². The zero-order valence-corrected chi connectivity index (χ0v) is 19.8. The number of carbonyl (C=O) groups is 1. The molecule has 8 heteroatoms. The second-order valence-corrected chi connectivity index (χ2v) is 7.87. The smallest absolute Gasteiger partial charge is 0.410 e. The number of rotatable bonds is 4. The third-order valence-electron chi connectivity index (χ3n) is 5.54. The molecule has 0 saturated heterocycles. The molecule has 0 unspecified atom stereocenters. The van der Waals surface area contributed by atoms with Crippen LogP contribution in [0.25, 0.3) is 22.1 Å². The summed E-state index contributed by atoms with van der Waals surface area (Å²) in [7, 11) is 0. The van der Waals surface area contributed by atoms with Crippen molar-refractivity contribution < 1.29 is 9.53 Å². The van der Waals surface area contributed by atoms with E-state index in [1.807, 2.05) is 32.2 Å². The quantitative estimate of drug-likeness (QED) is 0.333. The number of ether oxygens (including phenoxy) is 1. The molecule has 4 aromatic rings. The van der Waals surface area contributed by atoms with E-state index in [4.69, 9.17) is 10.00 Å². The molecule has 0 bridgehead atoms.